The van der Waals surface area contributed by atoms with Crippen molar-refractivity contribution >= 4 is 11.8 Å². The summed E-state index contributed by atoms with van der Waals surface area (Å²) in [5.41, 5.74) is 7.13. The standard InChI is InChI=1S/C12H19NOS/c1-3-11(13)10-6-4-5-7-12(10)14-8-9-15-2/h4-7,11H,3,8-9,13H2,1-2H3/t11-/m1/s1. The van der Waals surface area contributed by atoms with Gasteiger partial charge < -0.3 is 10.5 Å². The zero-order valence-corrected chi connectivity index (χ0v) is 10.2. The lowest BCUT2D eigenvalue weighted by atomic mass is 10.0. The zero-order chi connectivity index (χ0) is 11.1. The Labute approximate surface area is 96.2 Å². The maximum absolute atomic E-state index is 6.01. The second kappa shape index (κ2) is 6.75. The van der Waals surface area contributed by atoms with Crippen LogP contribution in [-0.2, 0) is 0 Å². The zero-order valence-electron chi connectivity index (χ0n) is 9.40. The molecule has 84 valence electrons. The molecule has 15 heavy (non-hydrogen) atoms. The molecule has 0 spiro atoms. The number of hydrogen-bond acceptors (Lipinski definition) is 3. The Morgan fingerprint density at radius 1 is 1.40 bits per heavy atom. The first-order valence-electron chi connectivity index (χ1n) is 5.25. The normalized spacial score (nSPS) is 12.5. The Bertz CT molecular complexity index is 291. The van der Waals surface area contributed by atoms with E-state index >= 15 is 0 Å². The molecule has 0 fully saturated rings. The maximum Gasteiger partial charge on any atom is 0.124 e. The van der Waals surface area contributed by atoms with Crippen molar-refractivity contribution in [3.8, 4) is 5.75 Å². The molecule has 1 atom stereocenters. The van der Waals surface area contributed by atoms with Crippen molar-refractivity contribution in [3.05, 3.63) is 29.8 Å². The van der Waals surface area contributed by atoms with E-state index in [-0.39, 0.29) is 6.04 Å². The number of hydrogen-bond donors (Lipinski definition) is 1. The number of benzene rings is 1. The average molecular weight is 225 g/mol. The van der Waals surface area contributed by atoms with E-state index in [1.807, 2.05) is 24.3 Å². The number of para-hydroxylation sites is 1. The Balaban J connectivity index is 2.68. The number of ether oxygens (including phenoxy) is 1. The fraction of sp³-hybridized carbons (Fsp3) is 0.500. The molecule has 0 bridgehead atoms. The van der Waals surface area contributed by atoms with Crippen LogP contribution < -0.4 is 10.5 Å². The van der Waals surface area contributed by atoms with Crippen LogP contribution in [0.15, 0.2) is 24.3 Å². The van der Waals surface area contributed by atoms with Gasteiger partial charge in [0.2, 0.25) is 0 Å². The van der Waals surface area contributed by atoms with Crippen molar-refractivity contribution < 1.29 is 4.74 Å². The van der Waals surface area contributed by atoms with Crippen molar-refractivity contribution in [3.63, 3.8) is 0 Å². The molecular formula is C12H19NOS. The van der Waals surface area contributed by atoms with Crippen LogP contribution in [0.25, 0.3) is 0 Å². The van der Waals surface area contributed by atoms with Crippen molar-refractivity contribution in [2.24, 2.45) is 5.73 Å². The minimum atomic E-state index is 0.0791. The molecule has 0 unspecified atom stereocenters. The third-order valence-electron chi connectivity index (χ3n) is 2.30. The highest BCUT2D eigenvalue weighted by Gasteiger charge is 2.09. The van der Waals surface area contributed by atoms with Crippen LogP contribution in [0.1, 0.15) is 24.9 Å². The van der Waals surface area contributed by atoms with Crippen molar-refractivity contribution in [2.75, 3.05) is 18.6 Å². The second-order valence-corrected chi connectivity index (χ2v) is 4.38. The van der Waals surface area contributed by atoms with Gasteiger partial charge in [-0.3, -0.25) is 0 Å². The van der Waals surface area contributed by atoms with Gasteiger partial charge in [0.15, 0.2) is 0 Å². The van der Waals surface area contributed by atoms with Crippen LogP contribution in [0.3, 0.4) is 0 Å². The summed E-state index contributed by atoms with van der Waals surface area (Å²) in [5.74, 6) is 1.94. The quantitative estimate of drug-likeness (QED) is 0.756. The molecular weight excluding hydrogens is 206 g/mol. The van der Waals surface area contributed by atoms with Crippen molar-refractivity contribution in [2.45, 2.75) is 19.4 Å². The highest BCUT2D eigenvalue weighted by molar-refractivity contribution is 7.98. The highest BCUT2D eigenvalue weighted by Crippen LogP contribution is 2.25. The molecule has 0 aliphatic rings. The Morgan fingerprint density at radius 2 is 2.13 bits per heavy atom. The van der Waals surface area contributed by atoms with Gasteiger partial charge in [-0.25, -0.2) is 0 Å². The first kappa shape index (κ1) is 12.4. The van der Waals surface area contributed by atoms with Crippen LogP contribution in [0.5, 0.6) is 5.75 Å². The fourth-order valence-corrected chi connectivity index (χ4v) is 1.62. The van der Waals surface area contributed by atoms with Gasteiger partial charge in [0, 0.05) is 17.4 Å². The Hall–Kier alpha value is -0.670. The van der Waals surface area contributed by atoms with Crippen LogP contribution >= 0.6 is 11.8 Å². The summed E-state index contributed by atoms with van der Waals surface area (Å²) in [6, 6.07) is 8.11. The van der Waals surface area contributed by atoms with Gasteiger partial charge >= 0.3 is 0 Å². The summed E-state index contributed by atoms with van der Waals surface area (Å²) in [6.45, 7) is 2.83. The Kier molecular flexibility index (Phi) is 5.58. The third-order valence-corrected chi connectivity index (χ3v) is 2.88. The molecule has 1 aromatic carbocycles. The summed E-state index contributed by atoms with van der Waals surface area (Å²) in [5, 5.41) is 0. The van der Waals surface area contributed by atoms with E-state index in [4.69, 9.17) is 10.5 Å². The van der Waals surface area contributed by atoms with Crippen LogP contribution in [0, 0.1) is 0 Å². The minimum absolute atomic E-state index is 0.0791. The van der Waals surface area contributed by atoms with Gasteiger partial charge in [0.25, 0.3) is 0 Å². The van der Waals surface area contributed by atoms with E-state index < -0.39 is 0 Å². The molecule has 0 radical (unpaired) electrons. The molecule has 1 aromatic rings. The summed E-state index contributed by atoms with van der Waals surface area (Å²) < 4.78 is 5.70. The smallest absolute Gasteiger partial charge is 0.124 e. The number of thioether (sulfide) groups is 1. The second-order valence-electron chi connectivity index (χ2n) is 3.39. The SMILES string of the molecule is CC[C@@H](N)c1ccccc1OCCSC. The molecule has 0 saturated heterocycles. The molecule has 0 aliphatic heterocycles. The van der Waals surface area contributed by atoms with Crippen LogP contribution in [0.2, 0.25) is 0 Å². The van der Waals surface area contributed by atoms with Gasteiger partial charge in [-0.15, -0.1) is 0 Å². The van der Waals surface area contributed by atoms with Crippen molar-refractivity contribution in [1.29, 1.82) is 0 Å². The molecule has 0 heterocycles. The number of nitrogens with two attached hydrogens (primary N) is 1. The fourth-order valence-electron chi connectivity index (χ4n) is 1.37. The molecule has 0 amide bonds. The minimum Gasteiger partial charge on any atom is -0.492 e. The first-order valence-corrected chi connectivity index (χ1v) is 6.65. The van der Waals surface area contributed by atoms with E-state index in [0.717, 1.165) is 30.1 Å². The van der Waals surface area contributed by atoms with E-state index in [9.17, 15) is 0 Å². The predicted molar refractivity (Wildman–Crippen MR) is 67.5 cm³/mol. The van der Waals surface area contributed by atoms with E-state index in [1.54, 1.807) is 11.8 Å². The summed E-state index contributed by atoms with van der Waals surface area (Å²) >= 11 is 1.78. The third kappa shape index (κ3) is 3.76. The number of rotatable bonds is 6. The van der Waals surface area contributed by atoms with Gasteiger partial charge in [0.05, 0.1) is 6.61 Å². The summed E-state index contributed by atoms with van der Waals surface area (Å²) in [6.07, 6.45) is 3.01. The molecule has 2 N–H and O–H groups in total. The average Bonchev–Trinajstić information content (AvgIpc) is 2.29. The maximum atomic E-state index is 6.01. The molecule has 1 rings (SSSR count). The van der Waals surface area contributed by atoms with Crippen LogP contribution in [-0.4, -0.2) is 18.6 Å². The predicted octanol–water partition coefficient (Wildman–Crippen LogP) is 2.84. The molecule has 3 heteroatoms. The van der Waals surface area contributed by atoms with Crippen molar-refractivity contribution in [1.82, 2.24) is 0 Å². The lowest BCUT2D eigenvalue weighted by molar-refractivity contribution is 0.337. The van der Waals surface area contributed by atoms with Gasteiger partial charge in [-0.1, -0.05) is 25.1 Å². The van der Waals surface area contributed by atoms with Gasteiger partial charge in [-0.05, 0) is 18.7 Å². The lowest BCUT2D eigenvalue weighted by Crippen LogP contribution is -2.11. The van der Waals surface area contributed by atoms with E-state index in [1.165, 1.54) is 0 Å². The van der Waals surface area contributed by atoms with Crippen LogP contribution in [0.4, 0.5) is 0 Å². The van der Waals surface area contributed by atoms with E-state index in [2.05, 4.69) is 13.2 Å². The van der Waals surface area contributed by atoms with Gasteiger partial charge in [-0.2, -0.15) is 11.8 Å². The Morgan fingerprint density at radius 3 is 2.80 bits per heavy atom. The molecule has 0 saturated carbocycles. The topological polar surface area (TPSA) is 35.2 Å². The lowest BCUT2D eigenvalue weighted by Gasteiger charge is -2.15. The highest BCUT2D eigenvalue weighted by atomic mass is 32.2. The molecule has 0 aliphatic carbocycles. The summed E-state index contributed by atoms with van der Waals surface area (Å²) in [4.78, 5) is 0. The van der Waals surface area contributed by atoms with E-state index in [0.29, 0.717) is 0 Å². The summed E-state index contributed by atoms with van der Waals surface area (Å²) in [7, 11) is 0. The largest absolute Gasteiger partial charge is 0.492 e. The monoisotopic (exact) mass is 225 g/mol. The molecule has 2 nitrogen and oxygen atoms in total. The molecule has 0 aromatic heterocycles. The van der Waals surface area contributed by atoms with Gasteiger partial charge in [0.1, 0.15) is 5.75 Å². The first-order chi connectivity index (χ1) is 7.29.